The van der Waals surface area contributed by atoms with Crippen molar-refractivity contribution < 1.29 is 13.2 Å². The first-order valence-corrected chi connectivity index (χ1v) is 10.1. The Morgan fingerprint density at radius 3 is 2.05 bits per heavy atom. The van der Waals surface area contributed by atoms with Gasteiger partial charge < -0.3 is 5.32 Å². The number of sulfonamides is 1. The van der Waals surface area contributed by atoms with E-state index in [9.17, 15) is 13.2 Å². The Labute approximate surface area is 128 Å². The first-order valence-electron chi connectivity index (χ1n) is 8.23. The quantitative estimate of drug-likeness (QED) is 0.789. The van der Waals surface area contributed by atoms with Crippen molar-refractivity contribution >= 4 is 15.9 Å². The van der Waals surface area contributed by atoms with Crippen molar-refractivity contribution in [3.8, 4) is 0 Å². The SMILES string of the molecule is CS(=O)(=O)N(CC(=O)NC1CCCC1)C1CCCCCC1. The summed E-state index contributed by atoms with van der Waals surface area (Å²) in [5, 5.41) is 2.99. The molecule has 0 saturated heterocycles. The fourth-order valence-corrected chi connectivity index (χ4v) is 4.65. The van der Waals surface area contributed by atoms with Gasteiger partial charge in [0.1, 0.15) is 0 Å². The van der Waals surface area contributed by atoms with Crippen molar-refractivity contribution in [2.45, 2.75) is 76.3 Å². The Morgan fingerprint density at radius 1 is 1.00 bits per heavy atom. The van der Waals surface area contributed by atoms with Gasteiger partial charge in [0.2, 0.25) is 15.9 Å². The highest BCUT2D eigenvalue weighted by Crippen LogP contribution is 2.24. The van der Waals surface area contributed by atoms with Crippen molar-refractivity contribution in [1.82, 2.24) is 9.62 Å². The molecule has 6 heteroatoms. The van der Waals surface area contributed by atoms with Gasteiger partial charge in [-0.15, -0.1) is 0 Å². The Morgan fingerprint density at radius 2 is 1.52 bits per heavy atom. The van der Waals surface area contributed by atoms with Crippen LogP contribution in [0.25, 0.3) is 0 Å². The van der Waals surface area contributed by atoms with Gasteiger partial charge in [0, 0.05) is 12.1 Å². The van der Waals surface area contributed by atoms with Crippen LogP contribution in [0.4, 0.5) is 0 Å². The summed E-state index contributed by atoms with van der Waals surface area (Å²) in [5.74, 6) is -0.142. The van der Waals surface area contributed by atoms with Crippen LogP contribution >= 0.6 is 0 Å². The first-order chi connectivity index (χ1) is 9.97. The molecule has 0 spiro atoms. The second-order valence-electron chi connectivity index (χ2n) is 6.50. The monoisotopic (exact) mass is 316 g/mol. The van der Waals surface area contributed by atoms with E-state index in [2.05, 4.69) is 5.32 Å². The Balaban J connectivity index is 1.96. The molecule has 5 nitrogen and oxygen atoms in total. The van der Waals surface area contributed by atoms with Crippen LogP contribution in [0.2, 0.25) is 0 Å². The van der Waals surface area contributed by atoms with Crippen molar-refractivity contribution in [2.24, 2.45) is 0 Å². The number of nitrogens with one attached hydrogen (secondary N) is 1. The topological polar surface area (TPSA) is 66.5 Å². The highest BCUT2D eigenvalue weighted by molar-refractivity contribution is 7.88. The molecule has 2 fully saturated rings. The molecule has 0 aromatic heterocycles. The minimum atomic E-state index is -3.34. The zero-order valence-corrected chi connectivity index (χ0v) is 13.8. The average molecular weight is 316 g/mol. The summed E-state index contributed by atoms with van der Waals surface area (Å²) in [6.07, 6.45) is 11.8. The Hall–Kier alpha value is -0.620. The first kappa shape index (κ1) is 16.7. The van der Waals surface area contributed by atoms with Gasteiger partial charge in [-0.05, 0) is 25.7 Å². The molecule has 21 heavy (non-hydrogen) atoms. The number of amides is 1. The molecule has 0 heterocycles. The molecule has 0 atom stereocenters. The lowest BCUT2D eigenvalue weighted by molar-refractivity contribution is -0.122. The third kappa shape index (κ3) is 5.25. The van der Waals surface area contributed by atoms with Crippen molar-refractivity contribution in [3.63, 3.8) is 0 Å². The third-order valence-electron chi connectivity index (χ3n) is 4.68. The van der Waals surface area contributed by atoms with E-state index < -0.39 is 10.0 Å². The maximum atomic E-state index is 12.2. The van der Waals surface area contributed by atoms with Gasteiger partial charge in [0.05, 0.1) is 12.8 Å². The van der Waals surface area contributed by atoms with Crippen LogP contribution < -0.4 is 5.32 Å². The third-order valence-corrected chi connectivity index (χ3v) is 5.96. The van der Waals surface area contributed by atoms with Crippen molar-refractivity contribution in [1.29, 1.82) is 0 Å². The molecule has 0 aromatic rings. The molecular weight excluding hydrogens is 288 g/mol. The minimum absolute atomic E-state index is 0.00294. The van der Waals surface area contributed by atoms with Gasteiger partial charge in [-0.1, -0.05) is 38.5 Å². The zero-order chi connectivity index (χ0) is 15.3. The second-order valence-corrected chi connectivity index (χ2v) is 8.44. The van der Waals surface area contributed by atoms with Crippen molar-refractivity contribution in [3.05, 3.63) is 0 Å². The van der Waals surface area contributed by atoms with Gasteiger partial charge in [0.15, 0.2) is 0 Å². The number of hydrogen-bond acceptors (Lipinski definition) is 3. The lowest BCUT2D eigenvalue weighted by atomic mass is 10.1. The molecule has 0 bridgehead atoms. The lowest BCUT2D eigenvalue weighted by Crippen LogP contribution is -2.47. The Kier molecular flexibility index (Phi) is 6.05. The maximum Gasteiger partial charge on any atom is 0.235 e. The molecule has 2 saturated carbocycles. The van der Waals surface area contributed by atoms with E-state index in [0.29, 0.717) is 0 Å². The van der Waals surface area contributed by atoms with Gasteiger partial charge in [-0.25, -0.2) is 8.42 Å². The average Bonchev–Trinajstić information content (AvgIpc) is 2.75. The number of carbonyl (C=O) groups is 1. The summed E-state index contributed by atoms with van der Waals surface area (Å²) in [6.45, 7) is -0.0139. The predicted octanol–water partition coefficient (Wildman–Crippen LogP) is 2.03. The van der Waals surface area contributed by atoms with E-state index in [1.165, 1.54) is 23.4 Å². The molecule has 2 aliphatic carbocycles. The fourth-order valence-electron chi connectivity index (χ4n) is 3.55. The molecule has 0 aromatic carbocycles. The molecule has 122 valence electrons. The van der Waals surface area contributed by atoms with Gasteiger partial charge >= 0.3 is 0 Å². The summed E-state index contributed by atoms with van der Waals surface area (Å²) in [5.41, 5.74) is 0. The fraction of sp³-hybridized carbons (Fsp3) is 0.933. The lowest BCUT2D eigenvalue weighted by Gasteiger charge is -2.28. The van der Waals surface area contributed by atoms with E-state index in [0.717, 1.165) is 51.4 Å². The van der Waals surface area contributed by atoms with E-state index in [1.54, 1.807) is 0 Å². The normalized spacial score (nSPS) is 22.4. The Bertz CT molecular complexity index is 436. The summed E-state index contributed by atoms with van der Waals surface area (Å²) >= 11 is 0. The van der Waals surface area contributed by atoms with E-state index in [1.807, 2.05) is 0 Å². The number of carbonyl (C=O) groups excluding carboxylic acids is 1. The standard InChI is InChI=1S/C15H28N2O3S/c1-21(19,20)17(14-10-4-2-3-5-11-14)12-15(18)16-13-8-6-7-9-13/h13-14H,2-12H2,1H3,(H,16,18). The van der Waals surface area contributed by atoms with Crippen LogP contribution in [-0.4, -0.2) is 43.5 Å². The van der Waals surface area contributed by atoms with Gasteiger partial charge in [-0.2, -0.15) is 4.31 Å². The maximum absolute atomic E-state index is 12.2. The van der Waals surface area contributed by atoms with Crippen LogP contribution in [-0.2, 0) is 14.8 Å². The molecule has 2 aliphatic rings. The van der Waals surface area contributed by atoms with E-state index in [-0.39, 0.29) is 24.5 Å². The molecule has 2 rings (SSSR count). The highest BCUT2D eigenvalue weighted by Gasteiger charge is 2.30. The summed E-state index contributed by atoms with van der Waals surface area (Å²) in [4.78, 5) is 12.2. The zero-order valence-electron chi connectivity index (χ0n) is 13.0. The van der Waals surface area contributed by atoms with Crippen LogP contribution in [0.15, 0.2) is 0 Å². The molecule has 1 amide bonds. The predicted molar refractivity (Wildman–Crippen MR) is 83.4 cm³/mol. The molecular formula is C15H28N2O3S. The van der Waals surface area contributed by atoms with Crippen LogP contribution in [0.1, 0.15) is 64.2 Å². The number of nitrogens with zero attached hydrogens (tertiary/aromatic N) is 1. The summed E-state index contributed by atoms with van der Waals surface area (Å²) in [6, 6.07) is 0.241. The van der Waals surface area contributed by atoms with Crippen LogP contribution in [0.5, 0.6) is 0 Å². The summed E-state index contributed by atoms with van der Waals surface area (Å²) < 4.78 is 25.6. The van der Waals surface area contributed by atoms with E-state index in [4.69, 9.17) is 0 Å². The van der Waals surface area contributed by atoms with E-state index >= 15 is 0 Å². The molecule has 0 radical (unpaired) electrons. The second kappa shape index (κ2) is 7.58. The van der Waals surface area contributed by atoms with Gasteiger partial charge in [-0.3, -0.25) is 4.79 Å². The van der Waals surface area contributed by atoms with Crippen LogP contribution in [0, 0.1) is 0 Å². The largest absolute Gasteiger partial charge is 0.352 e. The van der Waals surface area contributed by atoms with Crippen molar-refractivity contribution in [2.75, 3.05) is 12.8 Å². The molecule has 0 aliphatic heterocycles. The van der Waals surface area contributed by atoms with Crippen LogP contribution in [0.3, 0.4) is 0 Å². The smallest absolute Gasteiger partial charge is 0.235 e. The summed E-state index contributed by atoms with van der Waals surface area (Å²) in [7, 11) is -3.34. The molecule has 0 unspecified atom stereocenters. The highest BCUT2D eigenvalue weighted by atomic mass is 32.2. The van der Waals surface area contributed by atoms with Gasteiger partial charge in [0.25, 0.3) is 0 Å². The number of hydrogen-bond donors (Lipinski definition) is 1. The molecule has 1 N–H and O–H groups in total. The number of rotatable bonds is 5. The minimum Gasteiger partial charge on any atom is -0.352 e.